The summed E-state index contributed by atoms with van der Waals surface area (Å²) in [5, 5.41) is 3.02. The minimum absolute atomic E-state index is 0.206. The van der Waals surface area contributed by atoms with Crippen LogP contribution in [-0.2, 0) is 4.79 Å². The Morgan fingerprint density at radius 3 is 2.33 bits per heavy atom. The van der Waals surface area contributed by atoms with Gasteiger partial charge >= 0.3 is 0 Å². The molecule has 2 aliphatic carbocycles. The van der Waals surface area contributed by atoms with Crippen LogP contribution in [-0.4, -0.2) is 13.0 Å². The van der Waals surface area contributed by atoms with Crippen molar-refractivity contribution in [3.63, 3.8) is 0 Å². The van der Waals surface area contributed by atoms with Gasteiger partial charge in [-0.05, 0) is 48.9 Å². The summed E-state index contributed by atoms with van der Waals surface area (Å²) < 4.78 is 5.10. The van der Waals surface area contributed by atoms with E-state index in [1.54, 1.807) is 7.11 Å². The molecule has 0 radical (unpaired) electrons. The molecule has 0 unspecified atom stereocenters. The Labute approximate surface area is 108 Å². The molecule has 0 spiro atoms. The molecular formula is C15H19NO2. The van der Waals surface area contributed by atoms with E-state index in [-0.39, 0.29) is 11.8 Å². The molecule has 0 saturated heterocycles. The first-order chi connectivity index (χ1) is 8.79. The Morgan fingerprint density at radius 2 is 1.78 bits per heavy atom. The third-order valence-electron chi connectivity index (χ3n) is 4.32. The van der Waals surface area contributed by atoms with E-state index in [9.17, 15) is 4.79 Å². The molecular weight excluding hydrogens is 226 g/mol. The molecule has 3 nitrogen and oxygen atoms in total. The lowest BCUT2D eigenvalue weighted by Crippen LogP contribution is -2.15. The lowest BCUT2D eigenvalue weighted by molar-refractivity contribution is -0.117. The molecule has 2 fully saturated rings. The van der Waals surface area contributed by atoms with E-state index in [0.717, 1.165) is 11.4 Å². The highest BCUT2D eigenvalue weighted by Crippen LogP contribution is 2.55. The number of carbonyl (C=O) groups excluding carboxylic acids is 1. The van der Waals surface area contributed by atoms with E-state index in [1.807, 2.05) is 24.3 Å². The lowest BCUT2D eigenvalue weighted by atomic mass is 10.0. The van der Waals surface area contributed by atoms with Gasteiger partial charge in [-0.3, -0.25) is 4.79 Å². The fourth-order valence-corrected chi connectivity index (χ4v) is 3.28. The first kappa shape index (κ1) is 11.6. The molecule has 0 heterocycles. The van der Waals surface area contributed by atoms with Crippen LogP contribution in [0.25, 0.3) is 0 Å². The molecule has 0 aromatic heterocycles. The Balaban J connectivity index is 1.60. The second-order valence-electron chi connectivity index (χ2n) is 5.36. The van der Waals surface area contributed by atoms with E-state index in [4.69, 9.17) is 4.74 Å². The van der Waals surface area contributed by atoms with Crippen molar-refractivity contribution in [2.45, 2.75) is 25.7 Å². The zero-order chi connectivity index (χ0) is 12.5. The number of fused-ring (bicyclic) bond motifs is 1. The Hall–Kier alpha value is -1.51. The van der Waals surface area contributed by atoms with Crippen LogP contribution >= 0.6 is 0 Å². The van der Waals surface area contributed by atoms with Gasteiger partial charge in [-0.1, -0.05) is 12.8 Å². The molecule has 2 aliphatic rings. The number of rotatable bonds is 3. The summed E-state index contributed by atoms with van der Waals surface area (Å²) in [6.07, 6.45) is 5.08. The number of benzene rings is 1. The number of ether oxygens (including phenoxy) is 1. The number of methoxy groups -OCH3 is 1. The maximum absolute atomic E-state index is 12.2. The standard InChI is InChI=1S/C15H19NO2/c1-18-11-8-6-10(7-9-11)16-15(17)14-12-4-2-3-5-13(12)14/h6-9,12-14H,2-5H2,1H3,(H,16,17)/t12-,13-/m1/s1. The van der Waals surface area contributed by atoms with Crippen LogP contribution in [0.2, 0.25) is 0 Å². The molecule has 18 heavy (non-hydrogen) atoms. The van der Waals surface area contributed by atoms with Crippen molar-refractivity contribution >= 4 is 11.6 Å². The lowest BCUT2D eigenvalue weighted by Gasteiger charge is -2.05. The summed E-state index contributed by atoms with van der Waals surface area (Å²) in [6, 6.07) is 7.52. The largest absolute Gasteiger partial charge is 0.497 e. The minimum atomic E-state index is 0.206. The molecule has 0 bridgehead atoms. The van der Waals surface area contributed by atoms with Crippen molar-refractivity contribution in [2.24, 2.45) is 17.8 Å². The Bertz CT molecular complexity index is 428. The third-order valence-corrected chi connectivity index (χ3v) is 4.32. The highest BCUT2D eigenvalue weighted by Gasteiger charge is 2.54. The molecule has 2 saturated carbocycles. The van der Waals surface area contributed by atoms with Gasteiger partial charge in [0.2, 0.25) is 5.91 Å². The van der Waals surface area contributed by atoms with Crippen LogP contribution in [0.4, 0.5) is 5.69 Å². The van der Waals surface area contributed by atoms with Gasteiger partial charge in [0.1, 0.15) is 5.75 Å². The molecule has 0 aliphatic heterocycles. The highest BCUT2D eigenvalue weighted by molar-refractivity contribution is 5.94. The second kappa shape index (κ2) is 4.63. The predicted octanol–water partition coefficient (Wildman–Crippen LogP) is 3.07. The molecule has 1 aromatic rings. The first-order valence-electron chi connectivity index (χ1n) is 6.74. The van der Waals surface area contributed by atoms with Crippen LogP contribution < -0.4 is 10.1 Å². The summed E-state index contributed by atoms with van der Waals surface area (Å²) in [5.41, 5.74) is 0.865. The van der Waals surface area contributed by atoms with Gasteiger partial charge < -0.3 is 10.1 Å². The zero-order valence-electron chi connectivity index (χ0n) is 10.7. The van der Waals surface area contributed by atoms with Gasteiger partial charge in [0.25, 0.3) is 0 Å². The third kappa shape index (κ3) is 2.09. The summed E-state index contributed by atoms with van der Waals surface area (Å²) in [4.78, 5) is 12.2. The fraction of sp³-hybridized carbons (Fsp3) is 0.533. The highest BCUT2D eigenvalue weighted by atomic mass is 16.5. The monoisotopic (exact) mass is 245 g/mol. The number of carbonyl (C=O) groups is 1. The number of hydrogen-bond donors (Lipinski definition) is 1. The van der Waals surface area contributed by atoms with Gasteiger partial charge in [0, 0.05) is 11.6 Å². The molecule has 3 rings (SSSR count). The van der Waals surface area contributed by atoms with Gasteiger partial charge in [-0.2, -0.15) is 0 Å². The van der Waals surface area contributed by atoms with Crippen LogP contribution in [0.1, 0.15) is 25.7 Å². The van der Waals surface area contributed by atoms with Gasteiger partial charge in [0.05, 0.1) is 7.11 Å². The summed E-state index contributed by atoms with van der Waals surface area (Å²) in [5.74, 6) is 2.62. The average Bonchev–Trinajstić information content (AvgIpc) is 3.14. The van der Waals surface area contributed by atoms with E-state index >= 15 is 0 Å². The number of hydrogen-bond acceptors (Lipinski definition) is 2. The number of nitrogens with one attached hydrogen (secondary N) is 1. The molecule has 1 aromatic carbocycles. The second-order valence-corrected chi connectivity index (χ2v) is 5.36. The SMILES string of the molecule is COc1ccc(NC(=O)C2[C@@H]3CCCC[C@@H]23)cc1. The van der Waals surface area contributed by atoms with Crippen molar-refractivity contribution < 1.29 is 9.53 Å². The molecule has 96 valence electrons. The predicted molar refractivity (Wildman–Crippen MR) is 70.6 cm³/mol. The summed E-state index contributed by atoms with van der Waals surface area (Å²) in [7, 11) is 1.64. The van der Waals surface area contributed by atoms with Crippen molar-refractivity contribution in [1.82, 2.24) is 0 Å². The maximum atomic E-state index is 12.2. The van der Waals surface area contributed by atoms with Gasteiger partial charge in [0.15, 0.2) is 0 Å². The van der Waals surface area contributed by atoms with E-state index in [1.165, 1.54) is 25.7 Å². The summed E-state index contributed by atoms with van der Waals surface area (Å²) >= 11 is 0. The van der Waals surface area contributed by atoms with E-state index in [2.05, 4.69) is 5.32 Å². The van der Waals surface area contributed by atoms with Crippen molar-refractivity contribution in [2.75, 3.05) is 12.4 Å². The van der Waals surface area contributed by atoms with Gasteiger partial charge in [-0.25, -0.2) is 0 Å². The van der Waals surface area contributed by atoms with Crippen LogP contribution in [0.3, 0.4) is 0 Å². The zero-order valence-corrected chi connectivity index (χ0v) is 10.7. The quantitative estimate of drug-likeness (QED) is 0.888. The minimum Gasteiger partial charge on any atom is -0.497 e. The Morgan fingerprint density at radius 1 is 1.17 bits per heavy atom. The van der Waals surface area contributed by atoms with Gasteiger partial charge in [-0.15, -0.1) is 0 Å². The fourth-order valence-electron chi connectivity index (χ4n) is 3.28. The molecule has 2 atom stereocenters. The smallest absolute Gasteiger partial charge is 0.228 e. The topological polar surface area (TPSA) is 38.3 Å². The maximum Gasteiger partial charge on any atom is 0.228 e. The van der Waals surface area contributed by atoms with Crippen molar-refractivity contribution in [3.8, 4) is 5.75 Å². The summed E-state index contributed by atoms with van der Waals surface area (Å²) in [6.45, 7) is 0. The van der Waals surface area contributed by atoms with Crippen molar-refractivity contribution in [3.05, 3.63) is 24.3 Å². The van der Waals surface area contributed by atoms with Crippen LogP contribution in [0.5, 0.6) is 5.75 Å². The van der Waals surface area contributed by atoms with E-state index in [0.29, 0.717) is 11.8 Å². The van der Waals surface area contributed by atoms with Crippen LogP contribution in [0.15, 0.2) is 24.3 Å². The Kier molecular flexibility index (Phi) is 2.98. The van der Waals surface area contributed by atoms with Crippen LogP contribution in [0, 0.1) is 17.8 Å². The first-order valence-corrected chi connectivity index (χ1v) is 6.74. The normalized spacial score (nSPS) is 29.3. The molecule has 3 heteroatoms. The average molecular weight is 245 g/mol. The van der Waals surface area contributed by atoms with Crippen molar-refractivity contribution in [1.29, 1.82) is 0 Å². The number of amides is 1. The molecule has 1 N–H and O–H groups in total. The molecule has 1 amide bonds. The number of anilines is 1. The van der Waals surface area contributed by atoms with E-state index < -0.39 is 0 Å².